The predicted octanol–water partition coefficient (Wildman–Crippen LogP) is 0.913. The third-order valence-corrected chi connectivity index (χ3v) is 2.57. The SMILES string of the molecule is Cn1cncc1-c1c(C(=O)O)nnn1CCOC(F)(F)F. The number of rotatable bonds is 5. The molecule has 2 aromatic rings. The molecule has 0 spiro atoms. The van der Waals surface area contributed by atoms with E-state index >= 15 is 0 Å². The quantitative estimate of drug-likeness (QED) is 0.882. The van der Waals surface area contributed by atoms with Gasteiger partial charge < -0.3 is 9.67 Å². The summed E-state index contributed by atoms with van der Waals surface area (Å²) in [5.74, 6) is -1.34. The van der Waals surface area contributed by atoms with Gasteiger partial charge in [-0.25, -0.2) is 14.5 Å². The zero-order chi connectivity index (χ0) is 15.6. The maximum atomic E-state index is 12.0. The van der Waals surface area contributed by atoms with Gasteiger partial charge in [0.15, 0.2) is 5.69 Å². The minimum Gasteiger partial charge on any atom is -0.476 e. The number of carboxylic acids is 1. The second-order valence-electron chi connectivity index (χ2n) is 4.00. The number of hydrogen-bond acceptors (Lipinski definition) is 5. The van der Waals surface area contributed by atoms with E-state index in [0.29, 0.717) is 5.69 Å². The summed E-state index contributed by atoms with van der Waals surface area (Å²) in [5, 5.41) is 16.1. The second kappa shape index (κ2) is 5.52. The number of aromatic nitrogens is 5. The molecule has 1 N–H and O–H groups in total. The van der Waals surface area contributed by atoms with Crippen molar-refractivity contribution in [2.75, 3.05) is 6.61 Å². The Bertz CT molecular complexity index is 649. The van der Waals surface area contributed by atoms with Crippen LogP contribution >= 0.6 is 0 Å². The highest BCUT2D eigenvalue weighted by Gasteiger charge is 2.29. The average Bonchev–Trinajstić information content (AvgIpc) is 2.93. The van der Waals surface area contributed by atoms with Crippen LogP contribution in [0.3, 0.4) is 0 Å². The van der Waals surface area contributed by atoms with Crippen LogP contribution in [0.5, 0.6) is 0 Å². The Morgan fingerprint density at radius 1 is 1.48 bits per heavy atom. The van der Waals surface area contributed by atoms with E-state index in [4.69, 9.17) is 5.11 Å². The molecule has 21 heavy (non-hydrogen) atoms. The van der Waals surface area contributed by atoms with Crippen molar-refractivity contribution < 1.29 is 27.8 Å². The van der Waals surface area contributed by atoms with Crippen LogP contribution in [0.4, 0.5) is 13.2 Å². The number of carbonyl (C=O) groups is 1. The van der Waals surface area contributed by atoms with Gasteiger partial charge in [0, 0.05) is 7.05 Å². The highest BCUT2D eigenvalue weighted by Crippen LogP contribution is 2.22. The lowest BCUT2D eigenvalue weighted by atomic mass is 10.2. The number of hydrogen-bond donors (Lipinski definition) is 1. The number of aromatic carboxylic acids is 1. The average molecular weight is 305 g/mol. The fraction of sp³-hybridized carbons (Fsp3) is 0.400. The summed E-state index contributed by atoms with van der Waals surface area (Å²) >= 11 is 0. The van der Waals surface area contributed by atoms with Crippen LogP contribution in [0.2, 0.25) is 0 Å². The van der Waals surface area contributed by atoms with E-state index in [2.05, 4.69) is 20.0 Å². The van der Waals surface area contributed by atoms with Gasteiger partial charge in [0.1, 0.15) is 5.69 Å². The van der Waals surface area contributed by atoms with Crippen LogP contribution in [0.1, 0.15) is 10.5 Å². The minimum atomic E-state index is -4.76. The highest BCUT2D eigenvalue weighted by atomic mass is 19.4. The van der Waals surface area contributed by atoms with E-state index in [0.717, 1.165) is 4.68 Å². The Labute approximate surface area is 115 Å². The lowest BCUT2D eigenvalue weighted by Crippen LogP contribution is -2.18. The van der Waals surface area contributed by atoms with Crippen molar-refractivity contribution in [2.45, 2.75) is 12.9 Å². The molecule has 0 radical (unpaired) electrons. The standard InChI is InChI=1S/C10H10F3N5O3/c1-17-5-14-4-6(17)8-7(9(19)20)15-16-18(8)2-3-21-10(11,12)13/h4-5H,2-3H2,1H3,(H,19,20). The second-order valence-corrected chi connectivity index (χ2v) is 4.00. The molecule has 0 aliphatic carbocycles. The first-order chi connectivity index (χ1) is 9.79. The molecule has 114 valence electrons. The normalized spacial score (nSPS) is 11.8. The molecule has 2 heterocycles. The molecule has 2 aromatic heterocycles. The molecule has 0 amide bonds. The number of alkyl halides is 3. The zero-order valence-electron chi connectivity index (χ0n) is 10.7. The Hall–Kier alpha value is -2.43. The molecule has 0 bridgehead atoms. The van der Waals surface area contributed by atoms with Crippen molar-refractivity contribution in [3.63, 3.8) is 0 Å². The van der Waals surface area contributed by atoms with Gasteiger partial charge in [-0.05, 0) is 0 Å². The van der Waals surface area contributed by atoms with Gasteiger partial charge in [-0.2, -0.15) is 0 Å². The third kappa shape index (κ3) is 3.37. The molecule has 0 aliphatic heterocycles. The molecule has 0 saturated heterocycles. The molecule has 0 aromatic carbocycles. The lowest BCUT2D eigenvalue weighted by molar-refractivity contribution is -0.325. The summed E-state index contributed by atoms with van der Waals surface area (Å²) in [7, 11) is 1.61. The van der Waals surface area contributed by atoms with E-state index in [1.807, 2.05) is 0 Å². The summed E-state index contributed by atoms with van der Waals surface area (Å²) in [5.41, 5.74) is 0.0586. The molecule has 11 heteroatoms. The van der Waals surface area contributed by atoms with Gasteiger partial charge in [-0.15, -0.1) is 18.3 Å². The smallest absolute Gasteiger partial charge is 0.476 e. The van der Waals surface area contributed by atoms with E-state index in [-0.39, 0.29) is 17.9 Å². The molecule has 0 saturated carbocycles. The van der Waals surface area contributed by atoms with Crippen molar-refractivity contribution >= 4 is 5.97 Å². The fourth-order valence-corrected chi connectivity index (χ4v) is 1.70. The molecular formula is C10H10F3N5O3. The maximum Gasteiger partial charge on any atom is 0.522 e. The van der Waals surface area contributed by atoms with Gasteiger partial charge in [-0.3, -0.25) is 4.74 Å². The van der Waals surface area contributed by atoms with E-state index < -0.39 is 18.9 Å². The van der Waals surface area contributed by atoms with E-state index in [1.54, 1.807) is 7.05 Å². The summed E-state index contributed by atoms with van der Waals surface area (Å²) in [4.78, 5) is 14.9. The van der Waals surface area contributed by atoms with Gasteiger partial charge in [0.25, 0.3) is 0 Å². The number of carboxylic acid groups (broad SMARTS) is 1. The van der Waals surface area contributed by atoms with Crippen molar-refractivity contribution in [2.24, 2.45) is 7.05 Å². The molecule has 0 atom stereocenters. The summed E-state index contributed by atoms with van der Waals surface area (Å²) in [6.45, 7) is -1.02. The van der Waals surface area contributed by atoms with Crippen molar-refractivity contribution in [1.29, 1.82) is 0 Å². The van der Waals surface area contributed by atoms with Gasteiger partial charge >= 0.3 is 12.3 Å². The first-order valence-corrected chi connectivity index (χ1v) is 5.64. The Balaban J connectivity index is 2.30. The number of ether oxygens (including phenoxy) is 1. The summed E-state index contributed by atoms with van der Waals surface area (Å²) in [6, 6.07) is 0. The van der Waals surface area contributed by atoms with Crippen LogP contribution in [0, 0.1) is 0 Å². The topological polar surface area (TPSA) is 95.1 Å². The Morgan fingerprint density at radius 3 is 2.71 bits per heavy atom. The predicted molar refractivity (Wildman–Crippen MR) is 61.2 cm³/mol. The van der Waals surface area contributed by atoms with Crippen LogP contribution in [0.15, 0.2) is 12.5 Å². The first kappa shape index (κ1) is 15.0. The fourth-order valence-electron chi connectivity index (χ4n) is 1.70. The van der Waals surface area contributed by atoms with Gasteiger partial charge in [0.05, 0.1) is 31.4 Å². The number of aryl methyl sites for hydroxylation is 1. The van der Waals surface area contributed by atoms with Gasteiger partial charge in [0.2, 0.25) is 0 Å². The molecule has 0 aliphatic rings. The molecule has 2 rings (SSSR count). The van der Waals surface area contributed by atoms with Crippen LogP contribution in [0.25, 0.3) is 11.4 Å². The van der Waals surface area contributed by atoms with Gasteiger partial charge in [-0.1, -0.05) is 5.21 Å². The third-order valence-electron chi connectivity index (χ3n) is 2.57. The number of imidazole rings is 1. The van der Waals surface area contributed by atoms with Crippen molar-refractivity contribution in [3.8, 4) is 11.4 Å². The number of nitrogens with zero attached hydrogens (tertiary/aromatic N) is 5. The lowest BCUT2D eigenvalue weighted by Gasteiger charge is -2.09. The van der Waals surface area contributed by atoms with Crippen LogP contribution in [-0.4, -0.2) is 48.6 Å². The summed E-state index contributed by atoms with van der Waals surface area (Å²) < 4.78 is 42.0. The monoisotopic (exact) mass is 305 g/mol. The molecule has 8 nitrogen and oxygen atoms in total. The minimum absolute atomic E-state index is 0.0632. The van der Waals surface area contributed by atoms with Crippen molar-refractivity contribution in [1.82, 2.24) is 24.5 Å². The maximum absolute atomic E-state index is 12.0. The molecule has 0 unspecified atom stereocenters. The van der Waals surface area contributed by atoms with E-state index in [1.165, 1.54) is 17.1 Å². The molecule has 0 fully saturated rings. The number of halogens is 3. The first-order valence-electron chi connectivity index (χ1n) is 5.64. The molecular weight excluding hydrogens is 295 g/mol. The van der Waals surface area contributed by atoms with E-state index in [9.17, 15) is 18.0 Å². The highest BCUT2D eigenvalue weighted by molar-refractivity contribution is 5.92. The zero-order valence-corrected chi connectivity index (χ0v) is 10.7. The van der Waals surface area contributed by atoms with Crippen LogP contribution < -0.4 is 0 Å². The Morgan fingerprint density at radius 2 is 2.19 bits per heavy atom. The largest absolute Gasteiger partial charge is 0.522 e. The van der Waals surface area contributed by atoms with Crippen molar-refractivity contribution in [3.05, 3.63) is 18.2 Å². The Kier molecular flexibility index (Phi) is 3.93. The van der Waals surface area contributed by atoms with Crippen LogP contribution in [-0.2, 0) is 18.3 Å². The summed E-state index contributed by atoms with van der Waals surface area (Å²) in [6.07, 6.45) is -1.97.